The van der Waals surface area contributed by atoms with Gasteiger partial charge in [0.15, 0.2) is 0 Å². The van der Waals surface area contributed by atoms with Gasteiger partial charge < -0.3 is 20.1 Å². The van der Waals surface area contributed by atoms with Gasteiger partial charge in [0.25, 0.3) is 0 Å². The zero-order chi connectivity index (χ0) is 25.8. The van der Waals surface area contributed by atoms with Gasteiger partial charge in [-0.2, -0.15) is 0 Å². The SMILES string of the molecule is COC(C/C=C\C=C\CC/C=C/CC(C)/C=C/C(=C\C(=O)O)CCO)/C(C)=C\C=C(/C)C(=O)O. The highest BCUT2D eigenvalue weighted by Crippen LogP contribution is 2.12. The molecule has 0 aromatic rings. The van der Waals surface area contributed by atoms with Crippen LogP contribution in [0.15, 0.2) is 83.6 Å². The molecule has 0 bridgehead atoms. The van der Waals surface area contributed by atoms with Gasteiger partial charge >= 0.3 is 11.9 Å². The summed E-state index contributed by atoms with van der Waals surface area (Å²) in [7, 11) is 1.64. The third-order valence-corrected chi connectivity index (χ3v) is 4.98. The first kappa shape index (κ1) is 31.0. The quantitative estimate of drug-likeness (QED) is 0.107. The molecule has 6 nitrogen and oxygen atoms in total. The summed E-state index contributed by atoms with van der Waals surface area (Å²) < 4.78 is 5.48. The Hall–Kier alpha value is -2.96. The van der Waals surface area contributed by atoms with Crippen molar-refractivity contribution in [1.82, 2.24) is 0 Å². The smallest absolute Gasteiger partial charge is 0.331 e. The molecule has 0 aliphatic carbocycles. The van der Waals surface area contributed by atoms with Crippen LogP contribution in [0.25, 0.3) is 0 Å². The molecule has 3 N–H and O–H groups in total. The average Bonchev–Trinajstić information content (AvgIpc) is 2.79. The Balaban J connectivity index is 4.35. The maximum absolute atomic E-state index is 10.9. The minimum Gasteiger partial charge on any atom is -0.478 e. The summed E-state index contributed by atoms with van der Waals surface area (Å²) >= 11 is 0. The molecular weight excluding hydrogens is 432 g/mol. The number of hydrogen-bond donors (Lipinski definition) is 3. The van der Waals surface area contributed by atoms with Crippen molar-refractivity contribution in [3.63, 3.8) is 0 Å². The summed E-state index contributed by atoms with van der Waals surface area (Å²) in [4.78, 5) is 21.6. The van der Waals surface area contributed by atoms with Crippen molar-refractivity contribution in [2.75, 3.05) is 13.7 Å². The van der Waals surface area contributed by atoms with Gasteiger partial charge in [-0.15, -0.1) is 0 Å². The van der Waals surface area contributed by atoms with E-state index in [0.29, 0.717) is 18.4 Å². The van der Waals surface area contributed by atoms with Crippen molar-refractivity contribution < 1.29 is 29.6 Å². The second-order valence-corrected chi connectivity index (χ2v) is 8.03. The number of rotatable bonds is 17. The molecule has 0 aliphatic rings. The van der Waals surface area contributed by atoms with Gasteiger partial charge in [-0.25, -0.2) is 9.59 Å². The predicted molar refractivity (Wildman–Crippen MR) is 138 cm³/mol. The van der Waals surface area contributed by atoms with Crippen molar-refractivity contribution in [3.05, 3.63) is 83.6 Å². The molecule has 0 aliphatic heterocycles. The number of carbonyl (C=O) groups is 2. The lowest BCUT2D eigenvalue weighted by atomic mass is 10.0. The van der Waals surface area contributed by atoms with Crippen LogP contribution in [0, 0.1) is 5.92 Å². The van der Waals surface area contributed by atoms with E-state index < -0.39 is 11.9 Å². The monoisotopic (exact) mass is 472 g/mol. The highest BCUT2D eigenvalue weighted by atomic mass is 16.5. The van der Waals surface area contributed by atoms with Gasteiger partial charge in [0.05, 0.1) is 6.10 Å². The summed E-state index contributed by atoms with van der Waals surface area (Å²) in [6.45, 7) is 5.48. The van der Waals surface area contributed by atoms with Crippen molar-refractivity contribution >= 4 is 11.9 Å². The van der Waals surface area contributed by atoms with Gasteiger partial charge in [0.1, 0.15) is 0 Å². The largest absolute Gasteiger partial charge is 0.478 e. The molecule has 0 spiro atoms. The number of allylic oxidation sites excluding steroid dienone is 9. The molecule has 0 saturated heterocycles. The normalized spacial score (nSPS) is 15.7. The summed E-state index contributed by atoms with van der Waals surface area (Å²) in [5.41, 5.74) is 1.86. The maximum Gasteiger partial charge on any atom is 0.331 e. The molecule has 0 amide bonds. The lowest BCUT2D eigenvalue weighted by Crippen LogP contribution is -2.10. The van der Waals surface area contributed by atoms with Crippen molar-refractivity contribution in [3.8, 4) is 0 Å². The third-order valence-electron chi connectivity index (χ3n) is 4.98. The molecule has 34 heavy (non-hydrogen) atoms. The van der Waals surface area contributed by atoms with E-state index in [-0.39, 0.29) is 24.2 Å². The highest BCUT2D eigenvalue weighted by molar-refractivity contribution is 5.86. The molecule has 188 valence electrons. The molecule has 0 aromatic heterocycles. The third kappa shape index (κ3) is 16.6. The lowest BCUT2D eigenvalue weighted by molar-refractivity contribution is -0.133. The number of unbranched alkanes of at least 4 members (excludes halogenated alkanes) is 1. The van der Waals surface area contributed by atoms with Crippen LogP contribution in [0.3, 0.4) is 0 Å². The first-order chi connectivity index (χ1) is 16.2. The Morgan fingerprint density at radius 3 is 2.24 bits per heavy atom. The fourth-order valence-electron chi connectivity index (χ4n) is 2.84. The van der Waals surface area contributed by atoms with E-state index in [4.69, 9.17) is 20.1 Å². The molecule has 0 saturated carbocycles. The van der Waals surface area contributed by atoms with E-state index in [9.17, 15) is 9.59 Å². The Bertz CT molecular complexity index is 824. The Morgan fingerprint density at radius 2 is 1.62 bits per heavy atom. The minimum absolute atomic E-state index is 0.0734. The van der Waals surface area contributed by atoms with E-state index in [1.165, 1.54) is 0 Å². The standard InChI is InChI=1S/C28H40O6/c1-22(15-18-25(19-20-29)21-27(30)31)13-11-9-7-5-6-8-10-12-14-26(34-4)23(2)16-17-24(3)28(32)33/h6,8-12,15-18,21-22,26,29H,5,7,13-14,19-20H2,1-4H3,(H,30,31)(H,32,33)/b8-6+,11-9+,12-10-,18-15+,23-16-,24-17+,25-21+. The number of ether oxygens (including phenoxy) is 1. The number of aliphatic carboxylic acids is 2. The summed E-state index contributed by atoms with van der Waals surface area (Å²) in [6, 6.07) is 0. The number of carboxylic acid groups (broad SMARTS) is 2. The summed E-state index contributed by atoms with van der Waals surface area (Å²) in [6.07, 6.45) is 24.3. The van der Waals surface area contributed by atoms with Crippen LogP contribution in [0.4, 0.5) is 0 Å². The van der Waals surface area contributed by atoms with E-state index in [1.54, 1.807) is 32.3 Å². The molecule has 0 heterocycles. The average molecular weight is 473 g/mol. The second-order valence-electron chi connectivity index (χ2n) is 8.03. The zero-order valence-electron chi connectivity index (χ0n) is 20.8. The van der Waals surface area contributed by atoms with Crippen LogP contribution in [0.1, 0.15) is 52.9 Å². The molecule has 0 fully saturated rings. The number of hydrogen-bond acceptors (Lipinski definition) is 4. The van der Waals surface area contributed by atoms with Crippen LogP contribution in [-0.4, -0.2) is 47.1 Å². The first-order valence-corrected chi connectivity index (χ1v) is 11.5. The van der Waals surface area contributed by atoms with E-state index >= 15 is 0 Å². The number of carboxylic acids is 2. The van der Waals surface area contributed by atoms with Gasteiger partial charge in [0, 0.05) is 25.4 Å². The van der Waals surface area contributed by atoms with Crippen LogP contribution in [-0.2, 0) is 14.3 Å². The van der Waals surface area contributed by atoms with Gasteiger partial charge in [-0.3, -0.25) is 0 Å². The van der Waals surface area contributed by atoms with Crippen LogP contribution < -0.4 is 0 Å². The highest BCUT2D eigenvalue weighted by Gasteiger charge is 2.07. The van der Waals surface area contributed by atoms with E-state index in [0.717, 1.165) is 30.9 Å². The molecule has 2 unspecified atom stereocenters. The second kappa shape index (κ2) is 19.5. The summed E-state index contributed by atoms with van der Waals surface area (Å²) in [5.74, 6) is -1.66. The van der Waals surface area contributed by atoms with Crippen molar-refractivity contribution in [2.24, 2.45) is 5.92 Å². The fraction of sp³-hybridized carbons (Fsp3) is 0.429. The van der Waals surface area contributed by atoms with E-state index in [1.807, 2.05) is 31.2 Å². The fourth-order valence-corrected chi connectivity index (χ4v) is 2.84. The number of aliphatic hydroxyl groups is 1. The molecule has 0 aromatic carbocycles. The molecule has 2 atom stereocenters. The van der Waals surface area contributed by atoms with Crippen LogP contribution in [0.5, 0.6) is 0 Å². The van der Waals surface area contributed by atoms with Crippen molar-refractivity contribution in [2.45, 2.75) is 59.0 Å². The Morgan fingerprint density at radius 1 is 0.941 bits per heavy atom. The van der Waals surface area contributed by atoms with Gasteiger partial charge in [-0.05, 0) is 63.0 Å². The molecule has 0 rings (SSSR count). The topological polar surface area (TPSA) is 104 Å². The van der Waals surface area contributed by atoms with E-state index in [2.05, 4.69) is 25.2 Å². The number of aliphatic hydroxyl groups excluding tert-OH is 1. The first-order valence-electron chi connectivity index (χ1n) is 11.5. The maximum atomic E-state index is 10.9. The Labute approximate surface area is 204 Å². The molecular formula is C28H40O6. The van der Waals surface area contributed by atoms with Crippen LogP contribution in [0.2, 0.25) is 0 Å². The van der Waals surface area contributed by atoms with Crippen LogP contribution >= 0.6 is 0 Å². The number of methoxy groups -OCH3 is 1. The molecule has 6 heteroatoms. The zero-order valence-corrected chi connectivity index (χ0v) is 20.8. The predicted octanol–water partition coefficient (Wildman–Crippen LogP) is 5.79. The molecule has 0 radical (unpaired) electrons. The van der Waals surface area contributed by atoms with Gasteiger partial charge in [0.2, 0.25) is 0 Å². The lowest BCUT2D eigenvalue weighted by Gasteiger charge is -2.13. The van der Waals surface area contributed by atoms with Gasteiger partial charge in [-0.1, -0.05) is 67.7 Å². The Kier molecular flexibility index (Phi) is 17.8. The minimum atomic E-state index is -1.01. The van der Waals surface area contributed by atoms with Crippen molar-refractivity contribution in [1.29, 1.82) is 0 Å². The summed E-state index contributed by atoms with van der Waals surface area (Å²) in [5, 5.41) is 26.7.